The van der Waals surface area contributed by atoms with Crippen LogP contribution in [0.1, 0.15) is 22.8 Å². The molecule has 15 heavy (non-hydrogen) atoms. The third-order valence-corrected chi connectivity index (χ3v) is 1.95. The van der Waals surface area contributed by atoms with Gasteiger partial charge in [0.1, 0.15) is 5.75 Å². The molecule has 0 radical (unpaired) electrons. The number of hydrogen-bond donors (Lipinski definition) is 0. The highest BCUT2D eigenvalue weighted by atomic mass is 19.3. The number of alkyl halides is 2. The van der Waals surface area contributed by atoms with E-state index in [-0.39, 0.29) is 5.56 Å². The van der Waals surface area contributed by atoms with E-state index in [1.165, 1.54) is 19.2 Å². The normalized spacial score (nSPS) is 11.3. The van der Waals surface area contributed by atoms with Gasteiger partial charge in [-0.25, -0.2) is 0 Å². The second-order valence-electron chi connectivity index (χ2n) is 3.46. The van der Waals surface area contributed by atoms with E-state index < -0.39 is 11.7 Å². The summed E-state index contributed by atoms with van der Waals surface area (Å²) >= 11 is 0. The van der Waals surface area contributed by atoms with Gasteiger partial charge in [0.2, 0.25) is 5.78 Å². The Morgan fingerprint density at radius 1 is 1.33 bits per heavy atom. The van der Waals surface area contributed by atoms with E-state index in [1.54, 1.807) is 13.0 Å². The molecular weight excluding hydrogens is 202 g/mol. The summed E-state index contributed by atoms with van der Waals surface area (Å²) < 4.78 is 30.5. The van der Waals surface area contributed by atoms with E-state index in [2.05, 4.69) is 0 Å². The lowest BCUT2D eigenvalue weighted by Gasteiger charge is -2.10. The highest BCUT2D eigenvalue weighted by Gasteiger charge is 2.33. The molecule has 1 aromatic rings. The first-order valence-electron chi connectivity index (χ1n) is 4.43. The minimum Gasteiger partial charge on any atom is -0.497 e. The maximum Gasteiger partial charge on any atom is 0.307 e. The van der Waals surface area contributed by atoms with Gasteiger partial charge in [-0.05, 0) is 30.7 Å². The van der Waals surface area contributed by atoms with Crippen molar-refractivity contribution in [3.05, 3.63) is 29.3 Å². The van der Waals surface area contributed by atoms with E-state index in [9.17, 15) is 13.6 Å². The summed E-state index contributed by atoms with van der Waals surface area (Å²) in [7, 11) is 1.42. The Bertz CT molecular complexity index is 381. The molecule has 0 aliphatic carbocycles. The summed E-state index contributed by atoms with van der Waals surface area (Å²) in [5.41, 5.74) is 0.682. The van der Waals surface area contributed by atoms with Gasteiger partial charge in [-0.15, -0.1) is 0 Å². The van der Waals surface area contributed by atoms with Gasteiger partial charge < -0.3 is 4.74 Å². The Kier molecular flexibility index (Phi) is 3.07. The Morgan fingerprint density at radius 2 is 1.93 bits per heavy atom. The molecular formula is C11H12F2O2. The van der Waals surface area contributed by atoms with E-state index in [4.69, 9.17) is 4.74 Å². The molecule has 0 N–H and O–H groups in total. The van der Waals surface area contributed by atoms with Gasteiger partial charge in [0.15, 0.2) is 0 Å². The fourth-order valence-corrected chi connectivity index (χ4v) is 1.25. The van der Waals surface area contributed by atoms with Crippen LogP contribution < -0.4 is 4.74 Å². The smallest absolute Gasteiger partial charge is 0.307 e. The first kappa shape index (κ1) is 11.6. The number of rotatable bonds is 3. The van der Waals surface area contributed by atoms with Crippen molar-refractivity contribution in [2.24, 2.45) is 0 Å². The molecule has 0 atom stereocenters. The number of hydrogen-bond acceptors (Lipinski definition) is 2. The minimum absolute atomic E-state index is 0.0284. The van der Waals surface area contributed by atoms with Crippen molar-refractivity contribution in [2.75, 3.05) is 7.11 Å². The van der Waals surface area contributed by atoms with Crippen LogP contribution >= 0.6 is 0 Å². The number of benzene rings is 1. The van der Waals surface area contributed by atoms with E-state index in [0.717, 1.165) is 0 Å². The van der Waals surface area contributed by atoms with Crippen LogP contribution in [0.4, 0.5) is 8.78 Å². The number of carbonyl (C=O) groups excluding carboxylic acids is 1. The van der Waals surface area contributed by atoms with E-state index in [0.29, 0.717) is 18.2 Å². The third-order valence-electron chi connectivity index (χ3n) is 1.95. The molecule has 0 unspecified atom stereocenters. The second kappa shape index (κ2) is 3.96. The van der Waals surface area contributed by atoms with Crippen molar-refractivity contribution in [3.63, 3.8) is 0 Å². The van der Waals surface area contributed by atoms with Crippen LogP contribution in [0.15, 0.2) is 18.2 Å². The molecule has 0 aromatic heterocycles. The van der Waals surface area contributed by atoms with Crippen LogP contribution in [0.3, 0.4) is 0 Å². The fraction of sp³-hybridized carbons (Fsp3) is 0.364. The molecule has 0 saturated heterocycles. The highest BCUT2D eigenvalue weighted by Crippen LogP contribution is 2.23. The summed E-state index contributed by atoms with van der Waals surface area (Å²) in [6.07, 6.45) is 0. The Morgan fingerprint density at radius 3 is 2.40 bits per heavy atom. The molecule has 4 heteroatoms. The van der Waals surface area contributed by atoms with Crippen molar-refractivity contribution in [3.8, 4) is 5.75 Å². The molecule has 0 heterocycles. The molecule has 82 valence electrons. The highest BCUT2D eigenvalue weighted by molar-refractivity contribution is 6.01. The number of ketones is 1. The fourth-order valence-electron chi connectivity index (χ4n) is 1.25. The van der Waals surface area contributed by atoms with Crippen LogP contribution in [0.2, 0.25) is 0 Å². The zero-order valence-electron chi connectivity index (χ0n) is 8.80. The van der Waals surface area contributed by atoms with Crippen molar-refractivity contribution >= 4 is 5.78 Å². The standard InChI is InChI=1S/C11H12F2O2/c1-7-4-8(6-9(5-7)15-3)10(14)11(2,12)13/h4-6H,1-3H3. The van der Waals surface area contributed by atoms with Crippen molar-refractivity contribution < 1.29 is 18.3 Å². The van der Waals surface area contributed by atoms with Crippen LogP contribution in [0.5, 0.6) is 5.75 Å². The molecule has 0 fully saturated rings. The summed E-state index contributed by atoms with van der Waals surface area (Å²) in [5, 5.41) is 0. The molecule has 0 bridgehead atoms. The van der Waals surface area contributed by atoms with Gasteiger partial charge in [-0.1, -0.05) is 0 Å². The molecule has 0 spiro atoms. The van der Waals surface area contributed by atoms with Gasteiger partial charge >= 0.3 is 5.92 Å². The summed E-state index contributed by atoms with van der Waals surface area (Å²) in [6, 6.07) is 4.40. The average Bonchev–Trinajstić information content (AvgIpc) is 2.14. The van der Waals surface area contributed by atoms with E-state index in [1.807, 2.05) is 0 Å². The topological polar surface area (TPSA) is 26.3 Å². The average molecular weight is 214 g/mol. The number of halogens is 2. The Labute approximate surface area is 86.9 Å². The number of Topliss-reactive ketones (excluding diaryl/α,β-unsaturated/α-hetero) is 1. The first-order chi connectivity index (χ1) is 6.84. The van der Waals surface area contributed by atoms with Crippen molar-refractivity contribution in [1.82, 2.24) is 0 Å². The summed E-state index contributed by atoms with van der Waals surface area (Å²) in [4.78, 5) is 11.3. The lowest BCUT2D eigenvalue weighted by molar-refractivity contribution is 0.0221. The lowest BCUT2D eigenvalue weighted by atomic mass is 10.0. The van der Waals surface area contributed by atoms with Gasteiger partial charge in [-0.2, -0.15) is 8.78 Å². The molecule has 0 aliphatic rings. The number of carbonyl (C=O) groups is 1. The number of aryl methyl sites for hydroxylation is 1. The quantitative estimate of drug-likeness (QED) is 0.723. The molecule has 1 rings (SSSR count). The van der Waals surface area contributed by atoms with Crippen molar-refractivity contribution in [2.45, 2.75) is 19.8 Å². The van der Waals surface area contributed by atoms with Gasteiger partial charge in [0, 0.05) is 12.5 Å². The second-order valence-corrected chi connectivity index (χ2v) is 3.46. The maximum atomic E-state index is 12.8. The van der Waals surface area contributed by atoms with Crippen LogP contribution in [0.25, 0.3) is 0 Å². The molecule has 0 saturated carbocycles. The maximum absolute atomic E-state index is 12.8. The summed E-state index contributed by atoms with van der Waals surface area (Å²) in [6.45, 7) is 2.30. The van der Waals surface area contributed by atoms with Gasteiger partial charge in [0.25, 0.3) is 0 Å². The third kappa shape index (κ3) is 2.75. The van der Waals surface area contributed by atoms with E-state index >= 15 is 0 Å². The zero-order chi connectivity index (χ0) is 11.6. The van der Waals surface area contributed by atoms with Crippen LogP contribution in [-0.2, 0) is 0 Å². The molecule has 0 amide bonds. The number of ether oxygens (including phenoxy) is 1. The van der Waals surface area contributed by atoms with Crippen molar-refractivity contribution in [1.29, 1.82) is 0 Å². The predicted octanol–water partition coefficient (Wildman–Crippen LogP) is 2.84. The largest absolute Gasteiger partial charge is 0.497 e. The predicted molar refractivity (Wildman–Crippen MR) is 52.7 cm³/mol. The molecule has 2 nitrogen and oxygen atoms in total. The Balaban J connectivity index is 3.15. The van der Waals surface area contributed by atoms with Gasteiger partial charge in [-0.3, -0.25) is 4.79 Å². The SMILES string of the molecule is COc1cc(C)cc(C(=O)C(C)(F)F)c1. The number of methoxy groups -OCH3 is 1. The monoisotopic (exact) mass is 214 g/mol. The first-order valence-corrected chi connectivity index (χ1v) is 4.43. The van der Waals surface area contributed by atoms with Crippen LogP contribution in [0, 0.1) is 6.92 Å². The van der Waals surface area contributed by atoms with Gasteiger partial charge in [0.05, 0.1) is 7.11 Å². The Hall–Kier alpha value is -1.45. The minimum atomic E-state index is -3.35. The zero-order valence-corrected chi connectivity index (χ0v) is 8.80. The lowest BCUT2D eigenvalue weighted by Crippen LogP contribution is -2.24. The summed E-state index contributed by atoms with van der Waals surface area (Å²) in [5.74, 6) is -4.13. The molecule has 0 aliphatic heterocycles. The van der Waals surface area contributed by atoms with Crippen LogP contribution in [-0.4, -0.2) is 18.8 Å². The molecule has 1 aromatic carbocycles.